The average molecular weight is 247 g/mol. The van der Waals surface area contributed by atoms with Crippen LogP contribution in [-0.4, -0.2) is 43.0 Å². The van der Waals surface area contributed by atoms with E-state index in [9.17, 15) is 4.79 Å². The van der Waals surface area contributed by atoms with E-state index in [2.05, 4.69) is 22.5 Å². The highest BCUT2D eigenvalue weighted by Crippen LogP contribution is 2.09. The van der Waals surface area contributed by atoms with Gasteiger partial charge < -0.3 is 10.6 Å². The van der Waals surface area contributed by atoms with E-state index in [1.54, 1.807) is 0 Å². The lowest BCUT2D eigenvalue weighted by Crippen LogP contribution is -2.51. The van der Waals surface area contributed by atoms with Crippen molar-refractivity contribution in [3.63, 3.8) is 0 Å². The van der Waals surface area contributed by atoms with Crippen LogP contribution in [0.2, 0.25) is 0 Å². The number of benzene rings is 1. The largest absolute Gasteiger partial charge is 0.325 e. The molecule has 98 valence electrons. The van der Waals surface area contributed by atoms with Crippen molar-refractivity contribution in [1.29, 1.82) is 0 Å². The summed E-state index contributed by atoms with van der Waals surface area (Å²) in [6, 6.07) is 8.30. The van der Waals surface area contributed by atoms with E-state index >= 15 is 0 Å². The van der Waals surface area contributed by atoms with E-state index in [-0.39, 0.29) is 5.91 Å². The molecular weight excluding hydrogens is 226 g/mol. The second-order valence-electron chi connectivity index (χ2n) is 4.94. The van der Waals surface area contributed by atoms with Gasteiger partial charge in [0.2, 0.25) is 5.91 Å². The van der Waals surface area contributed by atoms with Crippen molar-refractivity contribution in [3.8, 4) is 0 Å². The van der Waals surface area contributed by atoms with Crippen LogP contribution in [0, 0.1) is 6.92 Å². The molecule has 0 radical (unpaired) electrons. The third-order valence-electron chi connectivity index (χ3n) is 3.32. The summed E-state index contributed by atoms with van der Waals surface area (Å²) in [5, 5.41) is 6.26. The molecule has 0 bridgehead atoms. The Labute approximate surface area is 108 Å². The SMILES string of the molecule is Cc1ccc(NC(=O)CN2CCNC[C@H]2C)cc1. The van der Waals surface area contributed by atoms with Gasteiger partial charge in [0.1, 0.15) is 0 Å². The first-order valence-electron chi connectivity index (χ1n) is 6.46. The summed E-state index contributed by atoms with van der Waals surface area (Å²) in [6.07, 6.45) is 0. The zero-order chi connectivity index (χ0) is 13.0. The van der Waals surface area contributed by atoms with E-state index in [1.165, 1.54) is 5.56 Å². The monoisotopic (exact) mass is 247 g/mol. The average Bonchev–Trinajstić information content (AvgIpc) is 2.35. The molecule has 0 saturated carbocycles. The van der Waals surface area contributed by atoms with Crippen LogP contribution < -0.4 is 10.6 Å². The minimum atomic E-state index is 0.0626. The van der Waals surface area contributed by atoms with Gasteiger partial charge in [-0.2, -0.15) is 0 Å². The topological polar surface area (TPSA) is 44.4 Å². The molecule has 2 rings (SSSR count). The number of carbonyl (C=O) groups is 1. The molecular formula is C14H21N3O. The summed E-state index contributed by atoms with van der Waals surface area (Å²) in [5.41, 5.74) is 2.07. The maximum atomic E-state index is 11.9. The first kappa shape index (κ1) is 13.1. The molecule has 1 heterocycles. The summed E-state index contributed by atoms with van der Waals surface area (Å²) in [6.45, 7) is 7.50. The fourth-order valence-corrected chi connectivity index (χ4v) is 2.14. The highest BCUT2D eigenvalue weighted by Gasteiger charge is 2.19. The molecule has 0 unspecified atom stereocenters. The van der Waals surface area contributed by atoms with Crippen LogP contribution in [0.1, 0.15) is 12.5 Å². The van der Waals surface area contributed by atoms with Crippen LogP contribution in [-0.2, 0) is 4.79 Å². The van der Waals surface area contributed by atoms with Gasteiger partial charge in [0.05, 0.1) is 6.54 Å². The van der Waals surface area contributed by atoms with Crippen LogP contribution >= 0.6 is 0 Å². The normalized spacial score (nSPS) is 20.7. The Kier molecular flexibility index (Phi) is 4.33. The molecule has 1 amide bonds. The Hall–Kier alpha value is -1.39. The molecule has 0 aromatic heterocycles. The van der Waals surface area contributed by atoms with Gasteiger partial charge >= 0.3 is 0 Å². The van der Waals surface area contributed by atoms with Crippen molar-refractivity contribution in [2.24, 2.45) is 0 Å². The number of hydrogen-bond donors (Lipinski definition) is 2. The van der Waals surface area contributed by atoms with Gasteiger partial charge in [-0.1, -0.05) is 17.7 Å². The Bertz CT molecular complexity index is 402. The molecule has 1 atom stereocenters. The third kappa shape index (κ3) is 3.55. The highest BCUT2D eigenvalue weighted by molar-refractivity contribution is 5.92. The molecule has 0 spiro atoms. The zero-order valence-electron chi connectivity index (χ0n) is 11.1. The molecule has 1 aliphatic heterocycles. The number of anilines is 1. The number of nitrogens with one attached hydrogen (secondary N) is 2. The van der Waals surface area contributed by atoms with Crippen molar-refractivity contribution >= 4 is 11.6 Å². The molecule has 1 saturated heterocycles. The van der Waals surface area contributed by atoms with Gasteiger partial charge in [0.15, 0.2) is 0 Å². The minimum absolute atomic E-state index is 0.0626. The first-order chi connectivity index (χ1) is 8.65. The van der Waals surface area contributed by atoms with E-state index < -0.39 is 0 Å². The Morgan fingerprint density at radius 3 is 2.83 bits per heavy atom. The van der Waals surface area contributed by atoms with Crippen molar-refractivity contribution in [2.45, 2.75) is 19.9 Å². The molecule has 1 fully saturated rings. The molecule has 4 nitrogen and oxygen atoms in total. The fraction of sp³-hybridized carbons (Fsp3) is 0.500. The minimum Gasteiger partial charge on any atom is -0.325 e. The standard InChI is InChI=1S/C14H21N3O/c1-11-3-5-13(6-4-11)16-14(18)10-17-8-7-15-9-12(17)2/h3-6,12,15H,7-10H2,1-2H3,(H,16,18)/t12-/m1/s1. The second-order valence-corrected chi connectivity index (χ2v) is 4.94. The van der Waals surface area contributed by atoms with E-state index in [0.717, 1.165) is 25.3 Å². The lowest BCUT2D eigenvalue weighted by Gasteiger charge is -2.33. The quantitative estimate of drug-likeness (QED) is 0.844. The summed E-state index contributed by atoms with van der Waals surface area (Å²) >= 11 is 0. The summed E-state index contributed by atoms with van der Waals surface area (Å²) in [5.74, 6) is 0.0626. The lowest BCUT2D eigenvalue weighted by molar-refractivity contribution is -0.118. The zero-order valence-corrected chi connectivity index (χ0v) is 11.1. The summed E-state index contributed by atoms with van der Waals surface area (Å²) < 4.78 is 0. The number of amides is 1. The number of nitrogens with zero attached hydrogens (tertiary/aromatic N) is 1. The molecule has 18 heavy (non-hydrogen) atoms. The van der Waals surface area contributed by atoms with Crippen LogP contribution in [0.25, 0.3) is 0 Å². The molecule has 4 heteroatoms. The lowest BCUT2D eigenvalue weighted by atomic mass is 10.2. The van der Waals surface area contributed by atoms with Gasteiger partial charge in [-0.05, 0) is 26.0 Å². The number of carbonyl (C=O) groups excluding carboxylic acids is 1. The maximum absolute atomic E-state index is 11.9. The highest BCUT2D eigenvalue weighted by atomic mass is 16.2. The first-order valence-corrected chi connectivity index (χ1v) is 6.46. The second kappa shape index (κ2) is 5.98. The van der Waals surface area contributed by atoms with Crippen LogP contribution in [0.5, 0.6) is 0 Å². The van der Waals surface area contributed by atoms with Crippen LogP contribution in [0.3, 0.4) is 0 Å². The van der Waals surface area contributed by atoms with Crippen molar-refractivity contribution in [1.82, 2.24) is 10.2 Å². The number of rotatable bonds is 3. The smallest absolute Gasteiger partial charge is 0.238 e. The van der Waals surface area contributed by atoms with Crippen molar-refractivity contribution in [3.05, 3.63) is 29.8 Å². The maximum Gasteiger partial charge on any atom is 0.238 e. The number of hydrogen-bond acceptors (Lipinski definition) is 3. The van der Waals surface area contributed by atoms with E-state index in [4.69, 9.17) is 0 Å². The number of aryl methyl sites for hydroxylation is 1. The Morgan fingerprint density at radius 2 is 2.17 bits per heavy atom. The van der Waals surface area contributed by atoms with Crippen LogP contribution in [0.15, 0.2) is 24.3 Å². The van der Waals surface area contributed by atoms with Gasteiger partial charge in [0, 0.05) is 31.4 Å². The van der Waals surface area contributed by atoms with E-state index in [1.807, 2.05) is 31.2 Å². The number of piperazine rings is 1. The van der Waals surface area contributed by atoms with Gasteiger partial charge in [-0.25, -0.2) is 0 Å². The van der Waals surface area contributed by atoms with Crippen molar-refractivity contribution in [2.75, 3.05) is 31.5 Å². The van der Waals surface area contributed by atoms with Crippen LogP contribution in [0.4, 0.5) is 5.69 Å². The van der Waals surface area contributed by atoms with Gasteiger partial charge in [-0.15, -0.1) is 0 Å². The predicted molar refractivity (Wildman–Crippen MR) is 73.7 cm³/mol. The third-order valence-corrected chi connectivity index (χ3v) is 3.32. The Morgan fingerprint density at radius 1 is 1.44 bits per heavy atom. The Balaban J connectivity index is 1.86. The van der Waals surface area contributed by atoms with E-state index in [0.29, 0.717) is 12.6 Å². The predicted octanol–water partition coefficient (Wildman–Crippen LogP) is 1.23. The van der Waals surface area contributed by atoms with Crippen molar-refractivity contribution < 1.29 is 4.79 Å². The molecule has 1 aliphatic rings. The van der Waals surface area contributed by atoms with Gasteiger partial charge in [0.25, 0.3) is 0 Å². The molecule has 1 aromatic carbocycles. The molecule has 2 N–H and O–H groups in total. The summed E-state index contributed by atoms with van der Waals surface area (Å²) in [7, 11) is 0. The molecule has 0 aliphatic carbocycles. The molecule has 1 aromatic rings. The fourth-order valence-electron chi connectivity index (χ4n) is 2.14. The van der Waals surface area contributed by atoms with Gasteiger partial charge in [-0.3, -0.25) is 9.69 Å². The summed E-state index contributed by atoms with van der Waals surface area (Å²) in [4.78, 5) is 14.1.